The first kappa shape index (κ1) is 26.3. The van der Waals surface area contributed by atoms with Crippen molar-refractivity contribution in [3.05, 3.63) is 101 Å². The topological polar surface area (TPSA) is 9.23 Å². The van der Waals surface area contributed by atoms with E-state index in [1.54, 1.807) is 12.1 Å². The number of hydrogen-bond donors (Lipinski definition) is 0. The van der Waals surface area contributed by atoms with Crippen molar-refractivity contribution in [3.63, 3.8) is 0 Å². The summed E-state index contributed by atoms with van der Waals surface area (Å²) in [6.45, 7) is 2.22. The van der Waals surface area contributed by atoms with Crippen LogP contribution in [0.25, 0.3) is 21.9 Å². The third kappa shape index (κ3) is 7.36. The second kappa shape index (κ2) is 12.0. The summed E-state index contributed by atoms with van der Waals surface area (Å²) in [5.74, 6) is 4.82. The number of hydrogen-bond acceptors (Lipinski definition) is 1. The maximum Gasteiger partial charge on any atom is 0.573 e. The van der Waals surface area contributed by atoms with E-state index in [0.29, 0.717) is 10.9 Å². The highest BCUT2D eigenvalue weighted by atomic mass is 19.4. The lowest BCUT2D eigenvalue weighted by atomic mass is 9.97. The highest BCUT2D eigenvalue weighted by Crippen LogP contribution is 2.28. The molecule has 190 valence electrons. The lowest BCUT2D eigenvalue weighted by Gasteiger charge is -2.08. The smallest absolute Gasteiger partial charge is 0.406 e. The Bertz CT molecular complexity index is 1390. The molecule has 4 rings (SSSR count). The fraction of sp³-hybridized carbons (Fsp3) is 0.250. The molecule has 4 aromatic rings. The fourth-order valence-corrected chi connectivity index (χ4v) is 4.24. The highest BCUT2D eigenvalue weighted by molar-refractivity contribution is 5.89. The second-order valence-corrected chi connectivity index (χ2v) is 9.05. The zero-order chi connectivity index (χ0) is 26.3. The van der Waals surface area contributed by atoms with Crippen molar-refractivity contribution in [2.75, 3.05) is 0 Å². The van der Waals surface area contributed by atoms with Gasteiger partial charge < -0.3 is 4.74 Å². The van der Waals surface area contributed by atoms with Crippen molar-refractivity contribution in [2.24, 2.45) is 0 Å². The van der Waals surface area contributed by atoms with Crippen LogP contribution >= 0.6 is 0 Å². The number of alkyl halides is 3. The van der Waals surface area contributed by atoms with Gasteiger partial charge in [0.15, 0.2) is 0 Å². The highest BCUT2D eigenvalue weighted by Gasteiger charge is 2.30. The number of fused-ring (bicyclic) bond motifs is 1. The van der Waals surface area contributed by atoms with Crippen LogP contribution in [0.4, 0.5) is 17.6 Å². The third-order valence-corrected chi connectivity index (χ3v) is 6.24. The van der Waals surface area contributed by atoms with Crippen LogP contribution in [0.1, 0.15) is 55.7 Å². The molecule has 0 bridgehead atoms. The molecule has 0 radical (unpaired) electrons. The van der Waals surface area contributed by atoms with Crippen molar-refractivity contribution in [2.45, 2.75) is 51.8 Å². The van der Waals surface area contributed by atoms with Crippen LogP contribution in [0.2, 0.25) is 0 Å². The molecule has 37 heavy (non-hydrogen) atoms. The summed E-state index contributed by atoms with van der Waals surface area (Å²) in [4.78, 5) is 0. The van der Waals surface area contributed by atoms with Crippen LogP contribution in [0.15, 0.2) is 78.9 Å². The zero-order valence-corrected chi connectivity index (χ0v) is 20.7. The molecule has 0 N–H and O–H groups in total. The van der Waals surface area contributed by atoms with Gasteiger partial charge in [-0.1, -0.05) is 86.9 Å². The summed E-state index contributed by atoms with van der Waals surface area (Å²) in [6.07, 6.45) is 2.65. The molecule has 0 heterocycles. The van der Waals surface area contributed by atoms with Crippen molar-refractivity contribution in [1.29, 1.82) is 0 Å². The molecule has 0 aliphatic carbocycles. The average molecular weight is 505 g/mol. The molecule has 0 saturated carbocycles. The minimum Gasteiger partial charge on any atom is -0.406 e. The first-order valence-electron chi connectivity index (χ1n) is 12.5. The Morgan fingerprint density at radius 2 is 1.43 bits per heavy atom. The average Bonchev–Trinajstić information content (AvgIpc) is 2.88. The summed E-state index contributed by atoms with van der Waals surface area (Å²) in [6, 6.07) is 22.8. The predicted octanol–water partition coefficient (Wildman–Crippen LogP) is 9.46. The van der Waals surface area contributed by atoms with Crippen molar-refractivity contribution >= 4 is 10.8 Å². The molecule has 4 aromatic carbocycles. The predicted molar refractivity (Wildman–Crippen MR) is 141 cm³/mol. The number of rotatable bonds is 8. The van der Waals surface area contributed by atoms with E-state index < -0.39 is 12.2 Å². The van der Waals surface area contributed by atoms with E-state index in [2.05, 4.69) is 47.8 Å². The molecule has 0 atom stereocenters. The minimum atomic E-state index is -4.75. The van der Waals surface area contributed by atoms with Gasteiger partial charge in [-0.05, 0) is 71.3 Å². The summed E-state index contributed by atoms with van der Waals surface area (Å²) in [7, 11) is 0. The molecular formula is C32H28F4O. The van der Waals surface area contributed by atoms with Crippen molar-refractivity contribution in [1.82, 2.24) is 0 Å². The Labute approximate surface area is 215 Å². The maximum atomic E-state index is 15.2. The first-order chi connectivity index (χ1) is 17.8. The number of unbranched alkanes of at least 4 members (excludes halogenated alkanes) is 4. The quantitative estimate of drug-likeness (QED) is 0.132. The van der Waals surface area contributed by atoms with Gasteiger partial charge in [0.2, 0.25) is 0 Å². The van der Waals surface area contributed by atoms with Gasteiger partial charge in [-0.3, -0.25) is 0 Å². The molecule has 0 amide bonds. The first-order valence-corrected chi connectivity index (χ1v) is 12.5. The Hall–Kier alpha value is -3.78. The van der Waals surface area contributed by atoms with Crippen LogP contribution in [0, 0.1) is 17.7 Å². The molecule has 0 aliphatic rings. The van der Waals surface area contributed by atoms with E-state index >= 15 is 4.39 Å². The molecule has 0 unspecified atom stereocenters. The van der Waals surface area contributed by atoms with Gasteiger partial charge in [0.25, 0.3) is 0 Å². The number of benzene rings is 4. The summed E-state index contributed by atoms with van der Waals surface area (Å²) in [5.41, 5.74) is 4.10. The SMILES string of the molecule is CCCCCCCc1ccc(-c2ccc3c(F)c(C#Cc4ccc(OC(F)(F)F)cc4)ccc3c2)cc1. The molecule has 0 spiro atoms. The van der Waals surface area contributed by atoms with E-state index in [9.17, 15) is 13.2 Å². The van der Waals surface area contributed by atoms with Crippen LogP contribution < -0.4 is 4.74 Å². The van der Waals surface area contributed by atoms with E-state index in [0.717, 1.165) is 22.9 Å². The second-order valence-electron chi connectivity index (χ2n) is 9.05. The maximum absolute atomic E-state index is 15.2. The molecular weight excluding hydrogens is 476 g/mol. The van der Waals surface area contributed by atoms with Crippen molar-refractivity contribution in [3.8, 4) is 28.7 Å². The monoisotopic (exact) mass is 504 g/mol. The van der Waals surface area contributed by atoms with Gasteiger partial charge in [0, 0.05) is 10.9 Å². The molecule has 5 heteroatoms. The van der Waals surface area contributed by atoms with Gasteiger partial charge in [-0.2, -0.15) is 0 Å². The van der Waals surface area contributed by atoms with E-state index in [4.69, 9.17) is 0 Å². The molecule has 0 aromatic heterocycles. The molecule has 0 fully saturated rings. The van der Waals surface area contributed by atoms with Crippen LogP contribution in [0.3, 0.4) is 0 Å². The Morgan fingerprint density at radius 3 is 2.14 bits per heavy atom. The summed E-state index contributed by atoms with van der Waals surface area (Å²) < 4.78 is 55.9. The van der Waals surface area contributed by atoms with E-state index in [-0.39, 0.29) is 11.3 Å². The Kier molecular flexibility index (Phi) is 8.50. The zero-order valence-electron chi connectivity index (χ0n) is 20.7. The summed E-state index contributed by atoms with van der Waals surface area (Å²) in [5, 5.41) is 1.24. The lowest BCUT2D eigenvalue weighted by Crippen LogP contribution is -2.16. The lowest BCUT2D eigenvalue weighted by molar-refractivity contribution is -0.274. The number of halogens is 4. The van der Waals surface area contributed by atoms with Crippen LogP contribution in [-0.2, 0) is 6.42 Å². The molecule has 0 aliphatic heterocycles. The minimum absolute atomic E-state index is 0.221. The number of ether oxygens (including phenoxy) is 1. The van der Waals surface area contributed by atoms with Gasteiger partial charge >= 0.3 is 6.36 Å². The van der Waals surface area contributed by atoms with E-state index in [1.807, 2.05) is 18.2 Å². The normalized spacial score (nSPS) is 11.3. The fourth-order valence-electron chi connectivity index (χ4n) is 4.24. The van der Waals surface area contributed by atoms with Crippen LogP contribution in [0.5, 0.6) is 5.75 Å². The van der Waals surface area contributed by atoms with Gasteiger partial charge in [-0.15, -0.1) is 13.2 Å². The molecule has 0 saturated heterocycles. The van der Waals surface area contributed by atoms with Gasteiger partial charge in [-0.25, -0.2) is 4.39 Å². The van der Waals surface area contributed by atoms with Crippen molar-refractivity contribution < 1.29 is 22.3 Å². The van der Waals surface area contributed by atoms with Crippen LogP contribution in [-0.4, -0.2) is 6.36 Å². The summed E-state index contributed by atoms with van der Waals surface area (Å²) >= 11 is 0. The Morgan fingerprint density at radius 1 is 0.730 bits per heavy atom. The van der Waals surface area contributed by atoms with Gasteiger partial charge in [0.1, 0.15) is 11.6 Å². The Balaban J connectivity index is 1.46. The largest absolute Gasteiger partial charge is 0.573 e. The standard InChI is InChI=1S/C32H28F4O/c1-2-3-4-5-6-7-23-8-13-25(14-9-23)27-18-21-30-28(22-27)17-16-26(31(30)33)15-10-24-11-19-29(20-12-24)37-32(34,35)36/h8-9,11-14,16-22H,2-7H2,1H3. The van der Waals surface area contributed by atoms with E-state index in [1.165, 1.54) is 61.9 Å². The number of aryl methyl sites for hydroxylation is 1. The van der Waals surface area contributed by atoms with Gasteiger partial charge in [0.05, 0.1) is 5.56 Å². The molecule has 1 nitrogen and oxygen atoms in total. The third-order valence-electron chi connectivity index (χ3n) is 6.24.